The molecule has 0 fully saturated rings. The number of carboxylic acids is 1. The van der Waals surface area contributed by atoms with Crippen LogP contribution in [0.5, 0.6) is 0 Å². The van der Waals surface area contributed by atoms with E-state index in [1.54, 1.807) is 24.3 Å². The van der Waals surface area contributed by atoms with Gasteiger partial charge in [0.05, 0.1) is 0 Å². The monoisotopic (exact) mass is 349 g/mol. The van der Waals surface area contributed by atoms with E-state index in [4.69, 9.17) is 22.0 Å². The van der Waals surface area contributed by atoms with Crippen molar-refractivity contribution in [2.45, 2.75) is 33.2 Å². The Kier molecular flexibility index (Phi) is 7.28. The number of anilines is 1. The first kappa shape index (κ1) is 19.5. The van der Waals surface area contributed by atoms with Gasteiger partial charge >= 0.3 is 5.97 Å². The van der Waals surface area contributed by atoms with Crippen LogP contribution >= 0.6 is 11.6 Å². The maximum absolute atomic E-state index is 12.1. The second-order valence-electron chi connectivity index (χ2n) is 5.77. The first-order chi connectivity index (χ1) is 11.2. The van der Waals surface area contributed by atoms with Crippen molar-refractivity contribution in [3.8, 4) is 6.07 Å². The number of rotatable bonds is 7. The predicted molar refractivity (Wildman–Crippen MR) is 92.5 cm³/mol. The molecule has 0 spiro atoms. The molecule has 1 unspecified atom stereocenters. The Morgan fingerprint density at radius 3 is 2.62 bits per heavy atom. The Bertz CT molecular complexity index is 693. The van der Waals surface area contributed by atoms with Crippen LogP contribution in [-0.2, 0) is 9.59 Å². The average Bonchev–Trinajstić information content (AvgIpc) is 2.50. The lowest BCUT2D eigenvalue weighted by Gasteiger charge is -2.16. The number of benzene rings is 1. The van der Waals surface area contributed by atoms with E-state index in [9.17, 15) is 9.59 Å². The third-order valence-corrected chi connectivity index (χ3v) is 3.48. The lowest BCUT2D eigenvalue weighted by atomic mass is 10.0. The van der Waals surface area contributed by atoms with Crippen molar-refractivity contribution in [3.05, 3.63) is 40.6 Å². The molecule has 0 radical (unpaired) electrons. The van der Waals surface area contributed by atoms with Gasteiger partial charge in [-0.1, -0.05) is 31.5 Å². The molecule has 6 nitrogen and oxygen atoms in total. The fraction of sp³-hybridized carbons (Fsp3) is 0.353. The van der Waals surface area contributed by atoms with Crippen LogP contribution in [0, 0.1) is 24.2 Å². The lowest BCUT2D eigenvalue weighted by molar-refractivity contribution is -0.141. The first-order valence-electron chi connectivity index (χ1n) is 7.41. The van der Waals surface area contributed by atoms with Gasteiger partial charge < -0.3 is 15.7 Å². The normalized spacial score (nSPS) is 12.4. The molecule has 0 aliphatic carbocycles. The van der Waals surface area contributed by atoms with Gasteiger partial charge in [-0.25, -0.2) is 4.79 Å². The highest BCUT2D eigenvalue weighted by atomic mass is 35.5. The number of aryl methyl sites for hydroxylation is 1. The molecular weight excluding hydrogens is 330 g/mol. The van der Waals surface area contributed by atoms with Crippen molar-refractivity contribution in [3.63, 3.8) is 0 Å². The highest BCUT2D eigenvalue weighted by Gasteiger charge is 2.22. The van der Waals surface area contributed by atoms with Crippen LogP contribution in [0.1, 0.15) is 25.8 Å². The largest absolute Gasteiger partial charge is 0.480 e. The summed E-state index contributed by atoms with van der Waals surface area (Å²) in [6.45, 7) is 5.56. The lowest BCUT2D eigenvalue weighted by Crippen LogP contribution is -2.42. The Morgan fingerprint density at radius 1 is 1.42 bits per heavy atom. The third kappa shape index (κ3) is 5.94. The summed E-state index contributed by atoms with van der Waals surface area (Å²) in [5.41, 5.74) is 1.32. The molecule has 0 aromatic heterocycles. The second-order valence-corrected chi connectivity index (χ2v) is 6.20. The molecule has 128 valence electrons. The summed E-state index contributed by atoms with van der Waals surface area (Å²) in [5.74, 6) is -1.78. The zero-order chi connectivity index (χ0) is 18.3. The number of nitrogens with one attached hydrogen (secondary N) is 2. The summed E-state index contributed by atoms with van der Waals surface area (Å²) < 4.78 is 0. The minimum Gasteiger partial charge on any atom is -0.480 e. The Morgan fingerprint density at radius 2 is 2.08 bits per heavy atom. The summed E-state index contributed by atoms with van der Waals surface area (Å²) in [4.78, 5) is 23.3. The number of hydrogen-bond donors (Lipinski definition) is 3. The number of amides is 1. The molecule has 3 N–H and O–H groups in total. The number of halogens is 1. The number of nitrogens with zero attached hydrogens (tertiary/aromatic N) is 1. The number of carboxylic acid groups (broad SMARTS) is 1. The van der Waals surface area contributed by atoms with Crippen LogP contribution < -0.4 is 10.6 Å². The summed E-state index contributed by atoms with van der Waals surface area (Å²) in [6, 6.07) is 5.92. The van der Waals surface area contributed by atoms with E-state index in [0.29, 0.717) is 10.7 Å². The topological polar surface area (TPSA) is 102 Å². The zero-order valence-electron chi connectivity index (χ0n) is 13.8. The fourth-order valence-electron chi connectivity index (χ4n) is 1.98. The van der Waals surface area contributed by atoms with Gasteiger partial charge in [-0.05, 0) is 37.0 Å². The third-order valence-electron chi connectivity index (χ3n) is 3.25. The van der Waals surface area contributed by atoms with Gasteiger partial charge in [-0.2, -0.15) is 5.26 Å². The van der Waals surface area contributed by atoms with Crippen LogP contribution in [0.2, 0.25) is 5.02 Å². The van der Waals surface area contributed by atoms with Crippen molar-refractivity contribution in [2.75, 3.05) is 5.32 Å². The molecule has 0 bridgehead atoms. The van der Waals surface area contributed by atoms with Crippen LogP contribution in [-0.4, -0.2) is 23.0 Å². The summed E-state index contributed by atoms with van der Waals surface area (Å²) in [6.07, 6.45) is 1.52. The van der Waals surface area contributed by atoms with Gasteiger partial charge in [-0.15, -0.1) is 0 Å². The van der Waals surface area contributed by atoms with Crippen molar-refractivity contribution in [2.24, 2.45) is 5.92 Å². The maximum Gasteiger partial charge on any atom is 0.326 e. The number of hydrogen-bond acceptors (Lipinski definition) is 4. The van der Waals surface area contributed by atoms with Crippen molar-refractivity contribution in [1.82, 2.24) is 5.32 Å². The number of carbonyl (C=O) groups excluding carboxylic acids is 1. The molecule has 0 aliphatic heterocycles. The highest BCUT2D eigenvalue weighted by Crippen LogP contribution is 2.20. The van der Waals surface area contributed by atoms with Gasteiger partial charge in [0.1, 0.15) is 17.7 Å². The van der Waals surface area contributed by atoms with E-state index in [1.807, 2.05) is 20.8 Å². The van der Waals surface area contributed by atoms with Crippen LogP contribution in [0.15, 0.2) is 30.0 Å². The van der Waals surface area contributed by atoms with Gasteiger partial charge in [0.2, 0.25) is 0 Å². The van der Waals surface area contributed by atoms with E-state index in [0.717, 1.165) is 5.56 Å². The fourth-order valence-corrected chi connectivity index (χ4v) is 2.15. The molecule has 1 aromatic carbocycles. The van der Waals surface area contributed by atoms with Gasteiger partial charge in [-0.3, -0.25) is 4.79 Å². The summed E-state index contributed by atoms with van der Waals surface area (Å²) in [7, 11) is 0. The molecule has 24 heavy (non-hydrogen) atoms. The Balaban J connectivity index is 2.87. The zero-order valence-corrected chi connectivity index (χ0v) is 14.5. The van der Waals surface area contributed by atoms with Crippen LogP contribution in [0.3, 0.4) is 0 Å². The van der Waals surface area contributed by atoms with Gasteiger partial charge in [0.25, 0.3) is 5.91 Å². The molecule has 0 saturated carbocycles. The smallest absolute Gasteiger partial charge is 0.326 e. The molecule has 7 heteroatoms. The van der Waals surface area contributed by atoms with E-state index in [1.165, 1.54) is 6.20 Å². The first-order valence-corrected chi connectivity index (χ1v) is 7.79. The number of carbonyl (C=O) groups is 2. The van der Waals surface area contributed by atoms with Crippen LogP contribution in [0.4, 0.5) is 5.69 Å². The predicted octanol–water partition coefficient (Wildman–Crippen LogP) is 3.08. The molecular formula is C17H20ClN3O3. The SMILES string of the molecule is Cc1ccc(Cl)cc1N/C=C(/C#N)C(=O)NC(CC(C)C)C(=O)O. The standard InChI is InChI=1S/C17H20ClN3O3/c1-10(2)6-15(17(23)24)21-16(22)12(8-19)9-20-14-7-13(18)5-4-11(14)3/h4-5,7,9-10,15,20H,6H2,1-3H3,(H,21,22)(H,23,24)/b12-9-. The highest BCUT2D eigenvalue weighted by molar-refractivity contribution is 6.30. The Hall–Kier alpha value is -2.52. The molecule has 1 atom stereocenters. The molecule has 0 heterocycles. The van der Waals surface area contributed by atoms with E-state index < -0.39 is 17.9 Å². The van der Waals surface area contributed by atoms with Gasteiger partial charge in [0, 0.05) is 16.9 Å². The average molecular weight is 350 g/mol. The van der Waals surface area contributed by atoms with Crippen molar-refractivity contribution >= 4 is 29.2 Å². The minimum absolute atomic E-state index is 0.0909. The molecule has 1 amide bonds. The quantitative estimate of drug-likeness (QED) is 0.518. The van der Waals surface area contributed by atoms with E-state index >= 15 is 0 Å². The van der Waals surface area contributed by atoms with Gasteiger partial charge in [0.15, 0.2) is 0 Å². The van der Waals surface area contributed by atoms with E-state index in [-0.39, 0.29) is 17.9 Å². The van der Waals surface area contributed by atoms with Crippen LogP contribution in [0.25, 0.3) is 0 Å². The second kappa shape index (κ2) is 8.94. The number of aliphatic carboxylic acids is 1. The maximum atomic E-state index is 12.1. The summed E-state index contributed by atoms with van der Waals surface area (Å²) in [5, 5.41) is 24.0. The van der Waals surface area contributed by atoms with Crippen molar-refractivity contribution in [1.29, 1.82) is 5.26 Å². The molecule has 1 rings (SSSR count). The van der Waals surface area contributed by atoms with E-state index in [2.05, 4.69) is 10.6 Å². The summed E-state index contributed by atoms with van der Waals surface area (Å²) >= 11 is 5.91. The molecule has 0 saturated heterocycles. The molecule has 0 aliphatic rings. The van der Waals surface area contributed by atoms with Crippen molar-refractivity contribution < 1.29 is 14.7 Å². The Labute approximate surface area is 146 Å². The molecule has 1 aromatic rings. The minimum atomic E-state index is -1.13. The number of nitriles is 1.